The zero-order chi connectivity index (χ0) is 27.5. The third-order valence-corrected chi connectivity index (χ3v) is 6.60. The fourth-order valence-electron chi connectivity index (χ4n) is 4.91. The zero-order valence-corrected chi connectivity index (χ0v) is 25.0. The van der Waals surface area contributed by atoms with Crippen molar-refractivity contribution in [3.8, 4) is 0 Å². The Hall–Kier alpha value is -0.690. The van der Waals surface area contributed by atoms with Gasteiger partial charge in [0.15, 0.2) is 0 Å². The van der Waals surface area contributed by atoms with E-state index in [0.29, 0.717) is 6.42 Å². The first kappa shape index (κ1) is 35.3. The van der Waals surface area contributed by atoms with Crippen molar-refractivity contribution in [3.05, 3.63) is 0 Å². The number of rotatable bonds is 25. The molecule has 0 aromatic carbocycles. The molecule has 0 spiro atoms. The summed E-state index contributed by atoms with van der Waals surface area (Å²) < 4.78 is 18.1. The van der Waals surface area contributed by atoms with E-state index >= 15 is 0 Å². The largest absolute Gasteiger partial charge is 0.367 e. The molecule has 0 bridgehead atoms. The molecular weight excluding hydrogens is 452 g/mol. The summed E-state index contributed by atoms with van der Waals surface area (Å²) in [5.74, 6) is -2.39. The van der Waals surface area contributed by atoms with Gasteiger partial charge in [-0.2, -0.15) is 0 Å². The maximum atomic E-state index is 12.8. The third kappa shape index (κ3) is 14.9. The van der Waals surface area contributed by atoms with Crippen LogP contribution in [0.4, 0.5) is 0 Å². The van der Waals surface area contributed by atoms with Crippen LogP contribution >= 0.6 is 0 Å². The van der Waals surface area contributed by atoms with Crippen LogP contribution in [0.15, 0.2) is 0 Å². The van der Waals surface area contributed by atoms with Crippen molar-refractivity contribution in [2.24, 2.45) is 11.5 Å². The van der Waals surface area contributed by atoms with E-state index < -0.39 is 17.4 Å². The number of ether oxygens (including phenoxy) is 3. The van der Waals surface area contributed by atoms with Crippen LogP contribution < -0.4 is 11.5 Å². The molecule has 0 saturated carbocycles. The zero-order valence-electron chi connectivity index (χ0n) is 25.0. The number of hydrogen-bond acceptors (Lipinski definition) is 5. The molecular formula is C30H62N2O4. The number of carbonyl (C=O) groups excluding carboxylic acids is 1. The monoisotopic (exact) mass is 514 g/mol. The van der Waals surface area contributed by atoms with E-state index in [9.17, 15) is 4.79 Å². The van der Waals surface area contributed by atoms with Crippen LogP contribution in [0, 0.1) is 0 Å². The molecule has 0 heterocycles. The lowest BCUT2D eigenvalue weighted by atomic mass is 9.89. The van der Waals surface area contributed by atoms with Gasteiger partial charge in [-0.1, -0.05) is 103 Å². The number of primary amides is 1. The van der Waals surface area contributed by atoms with Gasteiger partial charge in [0, 0.05) is 0 Å². The van der Waals surface area contributed by atoms with Crippen LogP contribution in [0.1, 0.15) is 158 Å². The molecule has 36 heavy (non-hydrogen) atoms. The minimum atomic E-state index is -1.75. The lowest BCUT2D eigenvalue weighted by Crippen LogP contribution is -2.72. The molecule has 0 fully saturated rings. The average Bonchev–Trinajstić information content (AvgIpc) is 2.76. The highest BCUT2D eigenvalue weighted by atomic mass is 16.7. The summed E-state index contributed by atoms with van der Waals surface area (Å²) >= 11 is 0. The number of amides is 1. The van der Waals surface area contributed by atoms with Crippen LogP contribution in [0.5, 0.6) is 0 Å². The molecule has 6 heteroatoms. The van der Waals surface area contributed by atoms with E-state index in [1.165, 1.54) is 83.5 Å². The van der Waals surface area contributed by atoms with Gasteiger partial charge in [-0.25, -0.2) is 0 Å². The Morgan fingerprint density at radius 3 is 1.17 bits per heavy atom. The molecule has 0 saturated heterocycles. The molecule has 4 N–H and O–H groups in total. The second-order valence-electron chi connectivity index (χ2n) is 11.4. The van der Waals surface area contributed by atoms with Gasteiger partial charge in [0.1, 0.15) is 0 Å². The molecule has 6 nitrogen and oxygen atoms in total. The average molecular weight is 515 g/mol. The molecule has 0 rings (SSSR count). The van der Waals surface area contributed by atoms with Crippen molar-refractivity contribution in [1.29, 1.82) is 0 Å². The minimum Gasteiger partial charge on any atom is -0.367 e. The first-order valence-electron chi connectivity index (χ1n) is 15.1. The van der Waals surface area contributed by atoms with Gasteiger partial charge in [-0.05, 0) is 54.4 Å². The molecule has 0 radical (unpaired) electrons. The maximum Gasteiger partial charge on any atom is 0.265 e. The molecule has 0 aliphatic heterocycles. The number of unbranched alkanes of at least 4 members (excludes halogenated alkanes) is 15. The van der Waals surface area contributed by atoms with Crippen LogP contribution in [0.25, 0.3) is 0 Å². The van der Waals surface area contributed by atoms with Gasteiger partial charge >= 0.3 is 0 Å². The molecule has 1 unspecified atom stereocenters. The Kier molecular flexibility index (Phi) is 19.9. The Bertz CT molecular complexity index is 529. The predicted octanol–water partition coefficient (Wildman–Crippen LogP) is 7.75. The number of carbonyl (C=O) groups is 1. The second kappa shape index (κ2) is 20.3. The van der Waals surface area contributed by atoms with Crippen LogP contribution in [-0.4, -0.2) is 35.7 Å². The minimum absolute atomic E-state index is 0.256. The highest BCUT2D eigenvalue weighted by molar-refractivity contribution is 5.84. The van der Waals surface area contributed by atoms with Crippen molar-refractivity contribution >= 4 is 5.91 Å². The van der Waals surface area contributed by atoms with Gasteiger partial charge < -0.3 is 19.9 Å². The van der Waals surface area contributed by atoms with Gasteiger partial charge in [-0.15, -0.1) is 0 Å². The Morgan fingerprint density at radius 1 is 0.583 bits per heavy atom. The molecule has 0 aliphatic rings. The van der Waals surface area contributed by atoms with Crippen molar-refractivity contribution < 1.29 is 19.0 Å². The van der Waals surface area contributed by atoms with Crippen LogP contribution in [0.2, 0.25) is 0 Å². The quantitative estimate of drug-likeness (QED) is 0.0958. The van der Waals surface area contributed by atoms with E-state index in [2.05, 4.69) is 6.92 Å². The van der Waals surface area contributed by atoms with Gasteiger partial charge in [-0.3, -0.25) is 10.5 Å². The van der Waals surface area contributed by atoms with E-state index in [1.54, 1.807) is 0 Å². The Morgan fingerprint density at radius 2 is 0.889 bits per heavy atom. The van der Waals surface area contributed by atoms with E-state index in [0.717, 1.165) is 19.3 Å². The van der Waals surface area contributed by atoms with Crippen LogP contribution in [-0.2, 0) is 19.0 Å². The number of nitrogens with two attached hydrogens (primary N) is 2. The predicted molar refractivity (Wildman–Crippen MR) is 152 cm³/mol. The van der Waals surface area contributed by atoms with Crippen molar-refractivity contribution in [2.45, 2.75) is 187 Å². The summed E-state index contributed by atoms with van der Waals surface area (Å²) in [6.07, 6.45) is 20.2. The summed E-state index contributed by atoms with van der Waals surface area (Å²) in [6.45, 7) is 13.5. The van der Waals surface area contributed by atoms with Gasteiger partial charge in [0.2, 0.25) is 5.60 Å². The normalized spacial score (nSPS) is 14.2. The third-order valence-electron chi connectivity index (χ3n) is 6.60. The maximum absolute atomic E-state index is 12.8. The Balaban J connectivity index is 4.45. The summed E-state index contributed by atoms with van der Waals surface area (Å²) in [5.41, 5.74) is 11.0. The fraction of sp³-hybridized carbons (Fsp3) is 0.967. The first-order valence-corrected chi connectivity index (χ1v) is 15.1. The lowest BCUT2D eigenvalue weighted by molar-refractivity contribution is -0.345. The highest BCUT2D eigenvalue weighted by Gasteiger charge is 2.58. The van der Waals surface area contributed by atoms with E-state index in [-0.39, 0.29) is 18.3 Å². The molecule has 0 aromatic rings. The fourth-order valence-corrected chi connectivity index (χ4v) is 4.91. The summed E-state index contributed by atoms with van der Waals surface area (Å²) in [6, 6.07) is 0. The highest BCUT2D eigenvalue weighted by Crippen LogP contribution is 2.36. The second-order valence-corrected chi connectivity index (χ2v) is 11.4. The van der Waals surface area contributed by atoms with Crippen molar-refractivity contribution in [1.82, 2.24) is 0 Å². The SMILES string of the molecule is CCCCCCCCCCCCCCCCCCC(OC(C)C)(C(N)=O)C(N)(OC(C)C)OC(C)C. The van der Waals surface area contributed by atoms with E-state index in [1.807, 2.05) is 41.5 Å². The summed E-state index contributed by atoms with van der Waals surface area (Å²) in [5, 5.41) is 0. The lowest BCUT2D eigenvalue weighted by Gasteiger charge is -2.47. The molecule has 1 atom stereocenters. The van der Waals surface area contributed by atoms with E-state index in [4.69, 9.17) is 25.7 Å². The molecule has 1 amide bonds. The summed E-state index contributed by atoms with van der Waals surface area (Å²) in [7, 11) is 0. The van der Waals surface area contributed by atoms with Gasteiger partial charge in [0.25, 0.3) is 11.8 Å². The smallest absolute Gasteiger partial charge is 0.265 e. The van der Waals surface area contributed by atoms with Crippen LogP contribution in [0.3, 0.4) is 0 Å². The molecule has 216 valence electrons. The standard InChI is InChI=1S/C30H62N2O4/c1-8-9-10-11-12-13-14-15-16-17-18-19-20-21-22-23-24-29(28(31)33,34-25(2)3)30(32,35-26(4)5)36-27(6)7/h25-27H,8-24,32H2,1-7H3,(H2,31,33). The Labute approximate surface area is 224 Å². The first-order chi connectivity index (χ1) is 17.0. The molecule has 0 aliphatic carbocycles. The van der Waals surface area contributed by atoms with Gasteiger partial charge in [0.05, 0.1) is 18.3 Å². The summed E-state index contributed by atoms with van der Waals surface area (Å²) in [4.78, 5) is 12.8. The molecule has 0 aromatic heterocycles. The van der Waals surface area contributed by atoms with Crippen molar-refractivity contribution in [3.63, 3.8) is 0 Å². The number of hydrogen-bond donors (Lipinski definition) is 2. The van der Waals surface area contributed by atoms with Crippen molar-refractivity contribution in [2.75, 3.05) is 0 Å². The topological polar surface area (TPSA) is 96.8 Å².